The first-order valence-corrected chi connectivity index (χ1v) is 12.7. The van der Waals surface area contributed by atoms with Gasteiger partial charge in [0.25, 0.3) is 0 Å². The average molecular weight is 524 g/mol. The number of rotatable bonds is 6. The number of hydrogen-bond donors (Lipinski definition) is 0. The van der Waals surface area contributed by atoms with Crippen molar-refractivity contribution in [1.29, 1.82) is 0 Å². The predicted octanol–water partition coefficient (Wildman–Crippen LogP) is 0.257. The van der Waals surface area contributed by atoms with Crippen LogP contribution >= 0.6 is 0 Å². The summed E-state index contributed by atoms with van der Waals surface area (Å²) < 4.78 is 12.0. The molecular weight excluding hydrogens is 498 g/mol. The fourth-order valence-electron chi connectivity index (χ4n) is 3.60. The minimum absolute atomic E-state index is 0. The van der Waals surface area contributed by atoms with Crippen LogP contribution in [0.3, 0.4) is 0 Å². The summed E-state index contributed by atoms with van der Waals surface area (Å²) in [5, 5.41) is 5.25. The SMILES string of the molecule is C[Si](C)(C)OCCOC1=C(c2cccc3c2[cH-]c2ccccc23)CC=C1.[Cl-].[Cl-].[Zr+3]. The third-order valence-electron chi connectivity index (χ3n) is 4.75. The van der Waals surface area contributed by atoms with Gasteiger partial charge in [-0.25, -0.2) is 0 Å². The summed E-state index contributed by atoms with van der Waals surface area (Å²) in [5.41, 5.74) is 2.56. The molecule has 151 valence electrons. The predicted molar refractivity (Wildman–Crippen MR) is 113 cm³/mol. The third-order valence-corrected chi connectivity index (χ3v) is 5.82. The molecule has 0 N–H and O–H groups in total. The smallest absolute Gasteiger partial charge is 1.00 e. The molecule has 1 radical (unpaired) electrons. The van der Waals surface area contributed by atoms with Crippen molar-refractivity contribution in [3.05, 3.63) is 72.0 Å². The van der Waals surface area contributed by atoms with E-state index in [0.29, 0.717) is 13.2 Å². The molecule has 0 saturated heterocycles. The Morgan fingerprint density at radius 1 is 0.931 bits per heavy atom. The van der Waals surface area contributed by atoms with Crippen molar-refractivity contribution in [3.8, 4) is 0 Å². The van der Waals surface area contributed by atoms with Crippen LogP contribution in [0, 0.1) is 0 Å². The minimum atomic E-state index is -1.48. The second kappa shape index (κ2) is 11.0. The van der Waals surface area contributed by atoms with Gasteiger partial charge in [-0.3, -0.25) is 0 Å². The molecular formula is C23H25Cl2O2SiZr. The molecule has 0 amide bonds. The molecule has 29 heavy (non-hydrogen) atoms. The standard InChI is InChI=1S/C23H25O2Si.2ClH.Zr/c1-26(2,3)25-15-14-24-23-13-7-12-21(23)20-11-6-10-19-18-9-5-4-8-17(18)16-22(19)20;;;/h4-11,13,16H,12,14-15H2,1-3H3;2*1H;/q-1;;;+3/p-2. The molecule has 3 aromatic rings. The van der Waals surface area contributed by atoms with Crippen LogP contribution in [0.1, 0.15) is 12.0 Å². The van der Waals surface area contributed by atoms with Crippen LogP contribution < -0.4 is 24.8 Å². The Hall–Kier alpha value is -0.770. The molecule has 6 heteroatoms. The quantitative estimate of drug-likeness (QED) is 0.262. The first-order chi connectivity index (χ1) is 12.5. The van der Waals surface area contributed by atoms with Crippen molar-refractivity contribution in [3.63, 3.8) is 0 Å². The summed E-state index contributed by atoms with van der Waals surface area (Å²) in [7, 11) is -1.48. The van der Waals surface area contributed by atoms with E-state index in [2.05, 4.69) is 80.3 Å². The first kappa shape index (κ1) is 26.3. The maximum absolute atomic E-state index is 6.08. The van der Waals surface area contributed by atoms with Crippen LogP contribution in [0.25, 0.3) is 27.1 Å². The Bertz CT molecular complexity index is 1020. The second-order valence-corrected chi connectivity index (χ2v) is 12.3. The summed E-state index contributed by atoms with van der Waals surface area (Å²) in [4.78, 5) is 0. The molecule has 0 atom stereocenters. The van der Waals surface area contributed by atoms with Gasteiger partial charge in [-0.1, -0.05) is 48.0 Å². The first-order valence-electron chi connectivity index (χ1n) is 9.27. The summed E-state index contributed by atoms with van der Waals surface area (Å²) in [6, 6.07) is 17.5. The van der Waals surface area contributed by atoms with Gasteiger partial charge >= 0.3 is 26.2 Å². The third kappa shape index (κ3) is 5.89. The number of fused-ring (bicyclic) bond motifs is 3. The zero-order valence-electron chi connectivity index (χ0n) is 17.0. The van der Waals surface area contributed by atoms with Gasteiger partial charge in [-0.15, -0.1) is 33.7 Å². The van der Waals surface area contributed by atoms with Gasteiger partial charge < -0.3 is 34.0 Å². The summed E-state index contributed by atoms with van der Waals surface area (Å²) in [6.07, 6.45) is 5.21. The monoisotopic (exact) mass is 521 g/mol. The van der Waals surface area contributed by atoms with E-state index in [1.807, 2.05) is 0 Å². The maximum atomic E-state index is 6.08. The van der Waals surface area contributed by atoms with Gasteiger partial charge in [0.2, 0.25) is 0 Å². The van der Waals surface area contributed by atoms with Crippen LogP contribution in [0.2, 0.25) is 19.6 Å². The number of benzene rings is 2. The van der Waals surface area contributed by atoms with Crippen molar-refractivity contribution in [1.82, 2.24) is 0 Å². The number of halogens is 2. The van der Waals surface area contributed by atoms with Crippen molar-refractivity contribution >= 4 is 35.4 Å². The van der Waals surface area contributed by atoms with Crippen molar-refractivity contribution in [2.45, 2.75) is 26.1 Å². The van der Waals surface area contributed by atoms with Gasteiger partial charge in [-0.05, 0) is 37.7 Å². The van der Waals surface area contributed by atoms with Crippen LogP contribution in [0.5, 0.6) is 0 Å². The topological polar surface area (TPSA) is 18.5 Å². The van der Waals surface area contributed by atoms with Crippen molar-refractivity contribution in [2.24, 2.45) is 0 Å². The summed E-state index contributed by atoms with van der Waals surface area (Å²) in [5.74, 6) is 0.988. The molecule has 1 aliphatic carbocycles. The van der Waals surface area contributed by atoms with E-state index in [0.717, 1.165) is 12.2 Å². The molecule has 4 rings (SSSR count). The Labute approximate surface area is 205 Å². The molecule has 0 bridgehead atoms. The average Bonchev–Trinajstić information content (AvgIpc) is 3.22. The molecule has 0 aromatic heterocycles. The molecule has 0 saturated carbocycles. The van der Waals surface area contributed by atoms with Gasteiger partial charge in [0.1, 0.15) is 12.4 Å². The van der Waals surface area contributed by atoms with E-state index in [1.54, 1.807) is 0 Å². The molecule has 3 aromatic carbocycles. The Balaban J connectivity index is 0.00000140. The molecule has 1 aliphatic rings. The van der Waals surface area contributed by atoms with Gasteiger partial charge in [0, 0.05) is 0 Å². The molecule has 0 aliphatic heterocycles. The largest absolute Gasteiger partial charge is 3.00 e. The van der Waals surface area contributed by atoms with Gasteiger partial charge in [0.15, 0.2) is 8.32 Å². The van der Waals surface area contributed by atoms with Gasteiger partial charge in [-0.2, -0.15) is 0 Å². The molecule has 0 fully saturated rings. The summed E-state index contributed by atoms with van der Waals surface area (Å²) in [6.45, 7) is 7.87. The fourth-order valence-corrected chi connectivity index (χ4v) is 4.30. The zero-order valence-corrected chi connectivity index (χ0v) is 21.9. The van der Waals surface area contributed by atoms with E-state index < -0.39 is 8.32 Å². The Morgan fingerprint density at radius 3 is 2.41 bits per heavy atom. The molecule has 0 heterocycles. The normalized spacial score (nSPS) is 13.2. The zero-order chi connectivity index (χ0) is 18.1. The molecule has 0 unspecified atom stereocenters. The Kier molecular flexibility index (Phi) is 9.98. The maximum Gasteiger partial charge on any atom is 3.00 e. The molecule has 2 nitrogen and oxygen atoms in total. The summed E-state index contributed by atoms with van der Waals surface area (Å²) >= 11 is 0. The van der Waals surface area contributed by atoms with Crippen LogP contribution in [0.4, 0.5) is 0 Å². The van der Waals surface area contributed by atoms with E-state index >= 15 is 0 Å². The van der Waals surface area contributed by atoms with Crippen LogP contribution in [-0.4, -0.2) is 21.5 Å². The van der Waals surface area contributed by atoms with Crippen molar-refractivity contribution < 1.29 is 60.2 Å². The van der Waals surface area contributed by atoms with Crippen LogP contribution in [-0.2, 0) is 35.4 Å². The minimum Gasteiger partial charge on any atom is -1.00 e. The van der Waals surface area contributed by atoms with Crippen molar-refractivity contribution in [2.75, 3.05) is 13.2 Å². The van der Waals surface area contributed by atoms with Gasteiger partial charge in [0.05, 0.1) is 6.61 Å². The van der Waals surface area contributed by atoms with E-state index in [9.17, 15) is 0 Å². The Morgan fingerprint density at radius 2 is 1.66 bits per heavy atom. The number of allylic oxidation sites excluding steroid dienone is 3. The van der Waals surface area contributed by atoms with E-state index in [-0.39, 0.29) is 51.0 Å². The molecule has 0 spiro atoms. The second-order valence-electron chi connectivity index (χ2n) is 7.76. The number of ether oxygens (including phenoxy) is 1. The fraction of sp³-hybridized carbons (Fsp3) is 0.261. The number of hydrogen-bond acceptors (Lipinski definition) is 2. The van der Waals surface area contributed by atoms with Crippen LogP contribution in [0.15, 0.2) is 66.4 Å². The van der Waals surface area contributed by atoms with E-state index in [4.69, 9.17) is 9.16 Å². The van der Waals surface area contributed by atoms with E-state index in [1.165, 1.54) is 32.7 Å².